The van der Waals surface area contributed by atoms with Gasteiger partial charge >= 0.3 is 0 Å². The lowest BCUT2D eigenvalue weighted by atomic mass is 10.2. The van der Waals surface area contributed by atoms with Gasteiger partial charge in [0.2, 0.25) is 0 Å². The summed E-state index contributed by atoms with van der Waals surface area (Å²) in [7, 11) is 0. The van der Waals surface area contributed by atoms with Gasteiger partial charge in [0, 0.05) is 23.9 Å². The molecule has 0 aromatic heterocycles. The van der Waals surface area contributed by atoms with Gasteiger partial charge in [0.15, 0.2) is 0 Å². The van der Waals surface area contributed by atoms with E-state index >= 15 is 0 Å². The lowest BCUT2D eigenvalue weighted by Gasteiger charge is -2.10. The number of ether oxygens (including phenoxy) is 2. The number of nitrogens with two attached hydrogens (primary N) is 1. The molecule has 0 spiro atoms. The van der Waals surface area contributed by atoms with Crippen molar-refractivity contribution < 1.29 is 9.47 Å². The highest BCUT2D eigenvalue weighted by Crippen LogP contribution is 2.24. The molecule has 0 atom stereocenters. The molecule has 0 bridgehead atoms. The predicted molar refractivity (Wildman–Crippen MR) is 80.9 cm³/mol. The van der Waals surface area contributed by atoms with Crippen LogP contribution in [0, 0.1) is 0 Å². The molecular weight excluding hydrogens is 238 g/mol. The van der Waals surface area contributed by atoms with Crippen LogP contribution in [0.15, 0.2) is 18.2 Å². The molecule has 0 fully saturated rings. The second-order valence-electron chi connectivity index (χ2n) is 4.85. The molecule has 1 rings (SSSR count). The van der Waals surface area contributed by atoms with E-state index in [1.165, 1.54) is 25.7 Å². The minimum Gasteiger partial charge on any atom is -0.493 e. The average Bonchev–Trinajstić information content (AvgIpc) is 2.40. The van der Waals surface area contributed by atoms with E-state index in [1.807, 2.05) is 18.2 Å². The molecule has 0 aliphatic rings. The SMILES string of the molecule is CCCCCCCOc1cc(N)cc(OCCC)c1. The number of hydrogen-bond acceptors (Lipinski definition) is 3. The van der Waals surface area contributed by atoms with Gasteiger partial charge in [-0.25, -0.2) is 0 Å². The summed E-state index contributed by atoms with van der Waals surface area (Å²) in [6.45, 7) is 5.77. The topological polar surface area (TPSA) is 44.5 Å². The zero-order valence-corrected chi connectivity index (χ0v) is 12.3. The maximum Gasteiger partial charge on any atom is 0.125 e. The quantitative estimate of drug-likeness (QED) is 0.503. The number of unbranched alkanes of at least 4 members (excludes halogenated alkanes) is 4. The van der Waals surface area contributed by atoms with Crippen LogP contribution >= 0.6 is 0 Å². The van der Waals surface area contributed by atoms with E-state index in [1.54, 1.807) is 0 Å². The standard InChI is InChI=1S/C16H27NO2/c1-3-5-6-7-8-10-19-16-12-14(17)11-15(13-16)18-9-4-2/h11-13H,3-10,17H2,1-2H3. The Morgan fingerprint density at radius 1 is 0.789 bits per heavy atom. The third-order valence-corrected chi connectivity index (χ3v) is 2.89. The first-order valence-electron chi connectivity index (χ1n) is 7.42. The van der Waals surface area contributed by atoms with Crippen molar-refractivity contribution in [2.24, 2.45) is 0 Å². The molecule has 0 aliphatic heterocycles. The Hall–Kier alpha value is -1.38. The van der Waals surface area contributed by atoms with Crippen molar-refractivity contribution in [2.75, 3.05) is 18.9 Å². The van der Waals surface area contributed by atoms with E-state index in [0.717, 1.165) is 30.9 Å². The van der Waals surface area contributed by atoms with Crippen LogP contribution in [0.4, 0.5) is 5.69 Å². The number of hydrogen-bond donors (Lipinski definition) is 1. The summed E-state index contributed by atoms with van der Waals surface area (Å²) in [5.41, 5.74) is 6.53. The van der Waals surface area contributed by atoms with Crippen LogP contribution in [0.3, 0.4) is 0 Å². The van der Waals surface area contributed by atoms with Crippen LogP contribution in [0.5, 0.6) is 11.5 Å². The maximum absolute atomic E-state index is 5.84. The first-order chi connectivity index (χ1) is 9.26. The van der Waals surface area contributed by atoms with Crippen molar-refractivity contribution in [3.05, 3.63) is 18.2 Å². The van der Waals surface area contributed by atoms with Gasteiger partial charge in [-0.15, -0.1) is 0 Å². The van der Waals surface area contributed by atoms with Crippen molar-refractivity contribution in [1.29, 1.82) is 0 Å². The van der Waals surface area contributed by atoms with Crippen molar-refractivity contribution in [3.8, 4) is 11.5 Å². The summed E-state index contributed by atoms with van der Waals surface area (Å²) in [6.07, 6.45) is 7.20. The second-order valence-corrected chi connectivity index (χ2v) is 4.85. The number of rotatable bonds is 10. The minimum atomic E-state index is 0.689. The van der Waals surface area contributed by atoms with E-state index in [-0.39, 0.29) is 0 Å². The predicted octanol–water partition coefficient (Wildman–Crippen LogP) is 4.41. The molecule has 0 heterocycles. The molecule has 19 heavy (non-hydrogen) atoms. The molecule has 2 N–H and O–H groups in total. The first kappa shape index (κ1) is 15.7. The fourth-order valence-electron chi connectivity index (χ4n) is 1.88. The lowest BCUT2D eigenvalue weighted by molar-refractivity contribution is 0.295. The molecule has 0 radical (unpaired) electrons. The monoisotopic (exact) mass is 265 g/mol. The molecule has 0 unspecified atom stereocenters. The van der Waals surface area contributed by atoms with E-state index in [0.29, 0.717) is 12.3 Å². The Balaban J connectivity index is 2.34. The zero-order valence-electron chi connectivity index (χ0n) is 12.3. The third-order valence-electron chi connectivity index (χ3n) is 2.89. The smallest absolute Gasteiger partial charge is 0.125 e. The molecule has 3 nitrogen and oxygen atoms in total. The fourth-order valence-corrected chi connectivity index (χ4v) is 1.88. The van der Waals surface area contributed by atoms with E-state index in [2.05, 4.69) is 13.8 Å². The zero-order chi connectivity index (χ0) is 13.9. The highest BCUT2D eigenvalue weighted by Gasteiger charge is 2.01. The van der Waals surface area contributed by atoms with Crippen LogP contribution in [-0.2, 0) is 0 Å². The van der Waals surface area contributed by atoms with E-state index < -0.39 is 0 Å². The van der Waals surface area contributed by atoms with Crippen molar-refractivity contribution >= 4 is 5.69 Å². The Bertz CT molecular complexity index is 353. The van der Waals surface area contributed by atoms with Gasteiger partial charge in [0.1, 0.15) is 11.5 Å². The van der Waals surface area contributed by atoms with Gasteiger partial charge in [-0.1, -0.05) is 39.5 Å². The molecule has 0 amide bonds. The molecule has 0 saturated heterocycles. The van der Waals surface area contributed by atoms with Crippen molar-refractivity contribution in [1.82, 2.24) is 0 Å². The van der Waals surface area contributed by atoms with Crippen molar-refractivity contribution in [3.63, 3.8) is 0 Å². The van der Waals surface area contributed by atoms with E-state index in [9.17, 15) is 0 Å². The van der Waals surface area contributed by atoms with Crippen molar-refractivity contribution in [2.45, 2.75) is 52.4 Å². The van der Waals surface area contributed by atoms with Crippen LogP contribution in [0.1, 0.15) is 52.4 Å². The van der Waals surface area contributed by atoms with Gasteiger partial charge in [0.05, 0.1) is 13.2 Å². The first-order valence-corrected chi connectivity index (χ1v) is 7.42. The van der Waals surface area contributed by atoms with Gasteiger partial charge in [-0.05, 0) is 12.8 Å². The van der Waals surface area contributed by atoms with Crippen LogP contribution in [0.25, 0.3) is 0 Å². The Labute approximate surface area is 117 Å². The van der Waals surface area contributed by atoms with Crippen LogP contribution in [0.2, 0.25) is 0 Å². The largest absolute Gasteiger partial charge is 0.493 e. The average molecular weight is 265 g/mol. The number of benzene rings is 1. The molecule has 3 heteroatoms. The lowest BCUT2D eigenvalue weighted by Crippen LogP contribution is -2.00. The van der Waals surface area contributed by atoms with Crippen LogP contribution < -0.4 is 15.2 Å². The number of nitrogen functional groups attached to an aromatic ring is 1. The fraction of sp³-hybridized carbons (Fsp3) is 0.625. The molecular formula is C16H27NO2. The molecule has 1 aromatic carbocycles. The summed E-state index contributed by atoms with van der Waals surface area (Å²) >= 11 is 0. The summed E-state index contributed by atoms with van der Waals surface area (Å²) in [5.74, 6) is 1.60. The van der Waals surface area contributed by atoms with Gasteiger partial charge in [-0.3, -0.25) is 0 Å². The Kier molecular flexibility index (Phi) is 7.87. The second kappa shape index (κ2) is 9.54. The molecule has 0 aliphatic carbocycles. The van der Waals surface area contributed by atoms with Gasteiger partial charge < -0.3 is 15.2 Å². The Morgan fingerprint density at radius 3 is 2.05 bits per heavy atom. The normalized spacial score (nSPS) is 10.4. The minimum absolute atomic E-state index is 0.689. The number of anilines is 1. The highest BCUT2D eigenvalue weighted by atomic mass is 16.5. The van der Waals surface area contributed by atoms with E-state index in [4.69, 9.17) is 15.2 Å². The maximum atomic E-state index is 5.84. The molecule has 0 saturated carbocycles. The summed E-state index contributed by atoms with van der Waals surface area (Å²) in [4.78, 5) is 0. The molecule has 1 aromatic rings. The molecule has 108 valence electrons. The van der Waals surface area contributed by atoms with Gasteiger partial charge in [-0.2, -0.15) is 0 Å². The summed E-state index contributed by atoms with van der Waals surface area (Å²) < 4.78 is 11.3. The third kappa shape index (κ3) is 6.94. The van der Waals surface area contributed by atoms with Gasteiger partial charge in [0.25, 0.3) is 0 Å². The Morgan fingerprint density at radius 2 is 1.42 bits per heavy atom. The summed E-state index contributed by atoms with van der Waals surface area (Å²) in [6, 6.07) is 5.60. The van der Waals surface area contributed by atoms with Crippen LogP contribution in [-0.4, -0.2) is 13.2 Å². The summed E-state index contributed by atoms with van der Waals surface area (Å²) in [5, 5.41) is 0. The highest BCUT2D eigenvalue weighted by molar-refractivity contribution is 5.50.